The van der Waals surface area contributed by atoms with E-state index in [4.69, 9.17) is 0 Å². The molecule has 6 heteroatoms. The molecule has 1 aromatic rings. The maximum atomic E-state index is 13.0. The summed E-state index contributed by atoms with van der Waals surface area (Å²) >= 11 is 0. The van der Waals surface area contributed by atoms with Crippen LogP contribution in [0.5, 0.6) is 0 Å². The van der Waals surface area contributed by atoms with E-state index in [9.17, 15) is 19.7 Å². The molecule has 0 atom stereocenters. The molecule has 1 saturated carbocycles. The van der Waals surface area contributed by atoms with Crippen LogP contribution < -0.4 is 0 Å². The second-order valence-corrected chi connectivity index (χ2v) is 8.16. The molecule has 0 aromatic heterocycles. The van der Waals surface area contributed by atoms with Crippen LogP contribution in [0.4, 0.5) is 5.69 Å². The minimum atomic E-state index is -0.458. The van der Waals surface area contributed by atoms with Crippen LogP contribution in [0.1, 0.15) is 62.8 Å². The van der Waals surface area contributed by atoms with Gasteiger partial charge in [-0.2, -0.15) is 0 Å². The summed E-state index contributed by atoms with van der Waals surface area (Å²) in [5.41, 5.74) is 4.26. The van der Waals surface area contributed by atoms with Gasteiger partial charge in [0.1, 0.15) is 0 Å². The van der Waals surface area contributed by atoms with Gasteiger partial charge in [0.15, 0.2) is 11.6 Å². The molecule has 28 heavy (non-hydrogen) atoms. The van der Waals surface area contributed by atoms with Crippen LogP contribution in [-0.4, -0.2) is 27.4 Å². The summed E-state index contributed by atoms with van der Waals surface area (Å²) in [4.78, 5) is 39.3. The summed E-state index contributed by atoms with van der Waals surface area (Å²) < 4.78 is 0. The van der Waals surface area contributed by atoms with Gasteiger partial charge in [0.05, 0.1) is 4.92 Å². The highest BCUT2D eigenvalue weighted by atomic mass is 16.6. The van der Waals surface area contributed by atoms with Crippen molar-refractivity contribution in [1.82, 2.24) is 4.90 Å². The molecular formula is C22H22N2O4. The van der Waals surface area contributed by atoms with Gasteiger partial charge in [-0.3, -0.25) is 19.7 Å². The van der Waals surface area contributed by atoms with Gasteiger partial charge in [0.25, 0.3) is 5.69 Å². The predicted octanol–water partition coefficient (Wildman–Crippen LogP) is 4.17. The third kappa shape index (κ3) is 2.62. The maximum Gasteiger partial charge on any atom is 0.269 e. The maximum absolute atomic E-state index is 13.0. The van der Waals surface area contributed by atoms with E-state index < -0.39 is 10.8 Å². The Kier molecular flexibility index (Phi) is 3.96. The third-order valence-corrected chi connectivity index (χ3v) is 6.34. The van der Waals surface area contributed by atoms with Crippen molar-refractivity contribution in [2.45, 2.75) is 63.3 Å². The van der Waals surface area contributed by atoms with Gasteiger partial charge in [-0.05, 0) is 44.1 Å². The minimum absolute atomic E-state index is 0.00191. The number of hydrogen-bond donors (Lipinski definition) is 0. The largest absolute Gasteiger partial charge is 0.345 e. The Hall–Kier alpha value is -2.76. The van der Waals surface area contributed by atoms with E-state index in [1.165, 1.54) is 12.1 Å². The number of benzene rings is 1. The average Bonchev–Trinajstić information content (AvgIpc) is 3.52. The highest BCUT2D eigenvalue weighted by Gasteiger charge is 2.46. The number of carbonyl (C=O) groups excluding carboxylic acids is 2. The van der Waals surface area contributed by atoms with Crippen LogP contribution >= 0.6 is 0 Å². The molecule has 1 aromatic carbocycles. The lowest BCUT2D eigenvalue weighted by atomic mass is 9.71. The first-order valence-corrected chi connectivity index (χ1v) is 10.1. The van der Waals surface area contributed by atoms with Crippen molar-refractivity contribution >= 4 is 17.3 Å². The first-order chi connectivity index (χ1) is 13.6. The molecule has 0 radical (unpaired) electrons. The van der Waals surface area contributed by atoms with Gasteiger partial charge in [-0.1, -0.05) is 12.1 Å². The number of nitrogens with zero attached hydrogens (tertiary/aromatic N) is 2. The van der Waals surface area contributed by atoms with E-state index in [0.29, 0.717) is 35.6 Å². The molecule has 3 aliphatic carbocycles. The zero-order valence-corrected chi connectivity index (χ0v) is 15.6. The third-order valence-electron chi connectivity index (χ3n) is 6.34. The summed E-state index contributed by atoms with van der Waals surface area (Å²) in [6.07, 6.45) is 6.51. The molecule has 4 aliphatic rings. The Morgan fingerprint density at radius 1 is 0.929 bits per heavy atom. The Morgan fingerprint density at radius 3 is 2.07 bits per heavy atom. The van der Waals surface area contributed by atoms with E-state index in [2.05, 4.69) is 4.90 Å². The summed E-state index contributed by atoms with van der Waals surface area (Å²) in [6, 6.07) is 6.87. The molecule has 0 N–H and O–H groups in total. The summed E-state index contributed by atoms with van der Waals surface area (Å²) in [6.45, 7) is 0. The molecule has 0 spiro atoms. The number of carbonyl (C=O) groups is 2. The van der Waals surface area contributed by atoms with Crippen LogP contribution in [0.3, 0.4) is 0 Å². The highest BCUT2D eigenvalue weighted by Crippen LogP contribution is 2.52. The number of allylic oxidation sites excluding steroid dienone is 4. The fraction of sp³-hybridized carbons (Fsp3) is 0.455. The molecule has 6 nitrogen and oxygen atoms in total. The first kappa shape index (κ1) is 17.3. The van der Waals surface area contributed by atoms with E-state index >= 15 is 0 Å². The van der Waals surface area contributed by atoms with Crippen LogP contribution in [0.25, 0.3) is 0 Å². The lowest BCUT2D eigenvalue weighted by Gasteiger charge is -2.44. The Balaban J connectivity index is 1.75. The van der Waals surface area contributed by atoms with Crippen LogP contribution in [0, 0.1) is 10.1 Å². The highest BCUT2D eigenvalue weighted by molar-refractivity contribution is 6.06. The van der Waals surface area contributed by atoms with E-state index in [1.54, 1.807) is 6.07 Å². The standard InChI is InChI=1S/C22H22N2O4/c25-18-8-2-6-16-21(18)20(13-4-1-5-15(12-13)24(27)28)22-17(7-3-9-19(22)26)23(16)14-10-11-14/h1,4-5,12,14,20H,2-3,6-11H2. The second-order valence-electron chi connectivity index (χ2n) is 8.16. The van der Waals surface area contributed by atoms with Gasteiger partial charge in [0.2, 0.25) is 0 Å². The van der Waals surface area contributed by atoms with E-state index in [1.807, 2.05) is 6.07 Å². The van der Waals surface area contributed by atoms with Crippen LogP contribution in [0.15, 0.2) is 46.8 Å². The number of nitro groups is 1. The Labute approximate surface area is 163 Å². The number of hydrogen-bond acceptors (Lipinski definition) is 5. The fourth-order valence-electron chi connectivity index (χ4n) is 5.08. The van der Waals surface area contributed by atoms with Gasteiger partial charge in [-0.15, -0.1) is 0 Å². The molecule has 0 unspecified atom stereocenters. The molecule has 1 fully saturated rings. The van der Waals surface area contributed by atoms with Crippen molar-refractivity contribution in [3.63, 3.8) is 0 Å². The monoisotopic (exact) mass is 378 g/mol. The number of ketones is 2. The number of nitro benzene ring substituents is 1. The summed E-state index contributed by atoms with van der Waals surface area (Å²) in [5, 5.41) is 11.3. The van der Waals surface area contributed by atoms with Crippen LogP contribution in [-0.2, 0) is 9.59 Å². The van der Waals surface area contributed by atoms with E-state index in [0.717, 1.165) is 49.9 Å². The van der Waals surface area contributed by atoms with Gasteiger partial charge in [-0.25, -0.2) is 0 Å². The van der Waals surface area contributed by atoms with Crippen LogP contribution in [0.2, 0.25) is 0 Å². The number of Topliss-reactive ketones (excluding diaryl/α,β-unsaturated/α-hetero) is 2. The average molecular weight is 378 g/mol. The number of non-ortho nitro benzene ring substituents is 1. The normalized spacial score (nSPS) is 23.1. The van der Waals surface area contributed by atoms with Crippen molar-refractivity contribution in [1.29, 1.82) is 0 Å². The van der Waals surface area contributed by atoms with Gasteiger partial charge < -0.3 is 4.90 Å². The van der Waals surface area contributed by atoms with Crippen molar-refractivity contribution in [2.75, 3.05) is 0 Å². The smallest absolute Gasteiger partial charge is 0.269 e. The molecule has 5 rings (SSSR count). The lowest BCUT2D eigenvalue weighted by molar-refractivity contribution is -0.384. The second kappa shape index (κ2) is 6.40. The molecule has 1 aliphatic heterocycles. The number of rotatable bonds is 3. The quantitative estimate of drug-likeness (QED) is 0.582. The topological polar surface area (TPSA) is 80.5 Å². The van der Waals surface area contributed by atoms with Gasteiger partial charge >= 0.3 is 0 Å². The first-order valence-electron chi connectivity index (χ1n) is 10.1. The molecule has 0 amide bonds. The molecule has 0 saturated heterocycles. The van der Waals surface area contributed by atoms with E-state index in [-0.39, 0.29) is 17.3 Å². The lowest BCUT2D eigenvalue weighted by Crippen LogP contribution is -2.40. The summed E-state index contributed by atoms with van der Waals surface area (Å²) in [5.74, 6) is -0.276. The fourth-order valence-corrected chi connectivity index (χ4v) is 5.08. The summed E-state index contributed by atoms with van der Waals surface area (Å²) in [7, 11) is 0. The van der Waals surface area contributed by atoms with Crippen molar-refractivity contribution < 1.29 is 14.5 Å². The Morgan fingerprint density at radius 2 is 1.54 bits per heavy atom. The van der Waals surface area contributed by atoms with Gasteiger partial charge in [0, 0.05) is 59.5 Å². The zero-order valence-electron chi connectivity index (χ0n) is 15.6. The molecule has 144 valence electrons. The molecular weight excluding hydrogens is 356 g/mol. The van der Waals surface area contributed by atoms with Crippen molar-refractivity contribution in [2.24, 2.45) is 0 Å². The SMILES string of the molecule is O=C1CCCC2=C1C(c1cccc([N+](=O)[O-])c1)C1=C(CCCC1=O)N2C1CC1. The van der Waals surface area contributed by atoms with Crippen molar-refractivity contribution in [3.05, 3.63) is 62.5 Å². The Bertz CT molecular complexity index is 927. The zero-order chi connectivity index (χ0) is 19.4. The van der Waals surface area contributed by atoms with Crippen molar-refractivity contribution in [3.8, 4) is 0 Å². The predicted molar refractivity (Wildman–Crippen MR) is 102 cm³/mol. The minimum Gasteiger partial charge on any atom is -0.345 e. The molecule has 0 bridgehead atoms. The molecule has 1 heterocycles.